The first-order chi connectivity index (χ1) is 25.8. The van der Waals surface area contributed by atoms with Gasteiger partial charge in [-0.05, 0) is 65.7 Å². The topological polar surface area (TPSA) is 23.0 Å². The van der Waals surface area contributed by atoms with Crippen molar-refractivity contribution >= 4 is 97.1 Å². The standard InChI is InChI=1S/C48H28N2OS/c1-2-11-29(12-3-1)30-21-26-45-38(27-30)36-24-25-41-46(48(36)52-45)37-23-22-31(49-39-17-7-4-13-32(39)33-14-5-8-18-40(33)49)28-43(37)50(41)42-19-10-16-35-34-15-6-9-20-44(34)51-47(35)42/h1-28H. The molecule has 0 N–H and O–H groups in total. The fourth-order valence-electron chi connectivity index (χ4n) is 8.64. The van der Waals surface area contributed by atoms with E-state index in [2.05, 4.69) is 173 Å². The number of hydrogen-bond donors (Lipinski definition) is 0. The Hall–Kier alpha value is -6.62. The van der Waals surface area contributed by atoms with Gasteiger partial charge in [-0.15, -0.1) is 11.3 Å². The zero-order valence-corrected chi connectivity index (χ0v) is 28.7. The summed E-state index contributed by atoms with van der Waals surface area (Å²) in [5, 5.41) is 9.86. The van der Waals surface area contributed by atoms with E-state index in [0.29, 0.717) is 0 Å². The minimum atomic E-state index is 0.897. The van der Waals surface area contributed by atoms with Crippen LogP contribution in [-0.4, -0.2) is 9.13 Å². The molecule has 4 aromatic heterocycles. The van der Waals surface area contributed by atoms with Gasteiger partial charge in [-0.2, -0.15) is 0 Å². The van der Waals surface area contributed by atoms with E-state index in [9.17, 15) is 0 Å². The first-order valence-electron chi connectivity index (χ1n) is 17.7. The third kappa shape index (κ3) is 3.79. The monoisotopic (exact) mass is 680 g/mol. The highest BCUT2D eigenvalue weighted by Gasteiger charge is 2.22. The molecule has 0 bridgehead atoms. The van der Waals surface area contributed by atoms with Gasteiger partial charge in [0.2, 0.25) is 0 Å². The molecule has 242 valence electrons. The molecule has 12 aromatic rings. The molecular weight excluding hydrogens is 653 g/mol. The summed E-state index contributed by atoms with van der Waals surface area (Å²) in [6.07, 6.45) is 0. The minimum Gasteiger partial charge on any atom is -0.454 e. The van der Waals surface area contributed by atoms with Crippen molar-refractivity contribution in [1.82, 2.24) is 9.13 Å². The largest absolute Gasteiger partial charge is 0.454 e. The quantitative estimate of drug-likeness (QED) is 0.182. The van der Waals surface area contributed by atoms with Crippen LogP contribution in [0.4, 0.5) is 0 Å². The number of aromatic nitrogens is 2. The van der Waals surface area contributed by atoms with Crippen molar-refractivity contribution in [1.29, 1.82) is 0 Å². The molecule has 3 nitrogen and oxygen atoms in total. The van der Waals surface area contributed by atoms with Crippen LogP contribution >= 0.6 is 11.3 Å². The van der Waals surface area contributed by atoms with E-state index in [0.717, 1.165) is 38.8 Å². The molecule has 0 aliphatic carbocycles. The molecule has 0 spiro atoms. The molecule has 0 atom stereocenters. The Morgan fingerprint density at radius 1 is 0.404 bits per heavy atom. The summed E-state index contributed by atoms with van der Waals surface area (Å²) >= 11 is 1.89. The van der Waals surface area contributed by atoms with Crippen LogP contribution in [0.15, 0.2) is 174 Å². The van der Waals surface area contributed by atoms with Crippen LogP contribution in [0.2, 0.25) is 0 Å². The predicted octanol–water partition coefficient (Wildman–Crippen LogP) is 13.8. The van der Waals surface area contributed by atoms with Gasteiger partial charge in [0.15, 0.2) is 5.58 Å². The number of thiophene rings is 1. The SMILES string of the molecule is c1ccc(-c2ccc3sc4c(ccc5c4c4ccc(-n6c7ccccc7c7ccccc76)cc4n5-c4cccc5c4oc4ccccc45)c3c2)cc1. The highest BCUT2D eigenvalue weighted by Crippen LogP contribution is 2.46. The van der Waals surface area contributed by atoms with E-state index < -0.39 is 0 Å². The number of benzene rings is 8. The van der Waals surface area contributed by atoms with Crippen LogP contribution < -0.4 is 0 Å². The Labute approximate surface area is 301 Å². The third-order valence-corrected chi connectivity index (χ3v) is 12.1. The second kappa shape index (κ2) is 10.5. The highest BCUT2D eigenvalue weighted by molar-refractivity contribution is 7.26. The molecule has 8 aromatic carbocycles. The number of hydrogen-bond acceptors (Lipinski definition) is 2. The fourth-order valence-corrected chi connectivity index (χ4v) is 9.88. The van der Waals surface area contributed by atoms with Gasteiger partial charge in [0.25, 0.3) is 0 Å². The van der Waals surface area contributed by atoms with Crippen LogP contribution in [0.25, 0.3) is 108 Å². The summed E-state index contributed by atoms with van der Waals surface area (Å²) in [5.74, 6) is 0. The van der Waals surface area contributed by atoms with E-state index >= 15 is 0 Å². The molecular formula is C48H28N2OS. The number of para-hydroxylation sites is 4. The van der Waals surface area contributed by atoms with Gasteiger partial charge >= 0.3 is 0 Å². The van der Waals surface area contributed by atoms with Crippen molar-refractivity contribution in [3.8, 4) is 22.5 Å². The van der Waals surface area contributed by atoms with Crippen molar-refractivity contribution in [3.05, 3.63) is 170 Å². The maximum Gasteiger partial charge on any atom is 0.159 e. The second-order valence-electron chi connectivity index (χ2n) is 13.7. The maximum atomic E-state index is 6.69. The Bertz CT molecular complexity index is 3360. The molecule has 0 amide bonds. The number of rotatable bonds is 3. The van der Waals surface area contributed by atoms with Gasteiger partial charge < -0.3 is 13.6 Å². The summed E-state index contributed by atoms with van der Waals surface area (Å²) in [6, 6.07) is 61.6. The van der Waals surface area contributed by atoms with Crippen molar-refractivity contribution in [3.63, 3.8) is 0 Å². The molecule has 0 saturated heterocycles. The minimum absolute atomic E-state index is 0.897. The third-order valence-electron chi connectivity index (χ3n) is 10.9. The van der Waals surface area contributed by atoms with Gasteiger partial charge in [0.05, 0.1) is 27.8 Å². The lowest BCUT2D eigenvalue weighted by atomic mass is 10.0. The van der Waals surface area contributed by atoms with Crippen LogP contribution in [0.1, 0.15) is 0 Å². The Balaban J connectivity index is 1.21. The average molecular weight is 681 g/mol. The maximum absolute atomic E-state index is 6.69. The van der Waals surface area contributed by atoms with Crippen LogP contribution in [-0.2, 0) is 0 Å². The molecule has 0 radical (unpaired) electrons. The molecule has 0 unspecified atom stereocenters. The van der Waals surface area contributed by atoms with Gasteiger partial charge in [-0.25, -0.2) is 0 Å². The van der Waals surface area contributed by atoms with Crippen LogP contribution in [0.3, 0.4) is 0 Å². The van der Waals surface area contributed by atoms with Gasteiger partial charge in [0, 0.05) is 58.2 Å². The molecule has 4 heterocycles. The lowest BCUT2D eigenvalue weighted by molar-refractivity contribution is 0.666. The number of nitrogens with zero attached hydrogens (tertiary/aromatic N) is 2. The zero-order chi connectivity index (χ0) is 33.9. The molecule has 12 rings (SSSR count). The summed E-state index contributed by atoms with van der Waals surface area (Å²) in [4.78, 5) is 0. The Morgan fingerprint density at radius 2 is 1.12 bits per heavy atom. The molecule has 0 aliphatic heterocycles. The highest BCUT2D eigenvalue weighted by atomic mass is 32.1. The van der Waals surface area contributed by atoms with Crippen molar-refractivity contribution in [2.75, 3.05) is 0 Å². The lowest BCUT2D eigenvalue weighted by Gasteiger charge is -2.11. The molecule has 4 heteroatoms. The van der Waals surface area contributed by atoms with Crippen molar-refractivity contribution in [2.45, 2.75) is 0 Å². The van der Waals surface area contributed by atoms with E-state index in [-0.39, 0.29) is 0 Å². The smallest absolute Gasteiger partial charge is 0.159 e. The van der Waals surface area contributed by atoms with Gasteiger partial charge in [-0.3, -0.25) is 0 Å². The number of fused-ring (bicyclic) bond motifs is 13. The normalized spacial score (nSPS) is 12.2. The van der Waals surface area contributed by atoms with Crippen molar-refractivity contribution in [2.24, 2.45) is 0 Å². The van der Waals surface area contributed by atoms with Crippen LogP contribution in [0, 0.1) is 0 Å². The first kappa shape index (κ1) is 28.1. The van der Waals surface area contributed by atoms with E-state index in [1.54, 1.807) is 0 Å². The summed E-state index contributed by atoms with van der Waals surface area (Å²) in [6.45, 7) is 0. The van der Waals surface area contributed by atoms with E-state index in [1.165, 1.54) is 69.4 Å². The van der Waals surface area contributed by atoms with Gasteiger partial charge in [0.1, 0.15) is 5.58 Å². The van der Waals surface area contributed by atoms with E-state index in [4.69, 9.17) is 4.42 Å². The van der Waals surface area contributed by atoms with Gasteiger partial charge in [-0.1, -0.05) is 115 Å². The second-order valence-corrected chi connectivity index (χ2v) is 14.7. The average Bonchev–Trinajstić information content (AvgIpc) is 3.95. The Kier molecular flexibility index (Phi) is 5.65. The molecule has 0 fully saturated rings. The summed E-state index contributed by atoms with van der Waals surface area (Å²) < 4.78 is 14.1. The molecule has 0 saturated carbocycles. The lowest BCUT2D eigenvalue weighted by Crippen LogP contribution is -1.97. The fraction of sp³-hybridized carbons (Fsp3) is 0. The Morgan fingerprint density at radius 3 is 1.94 bits per heavy atom. The molecule has 52 heavy (non-hydrogen) atoms. The summed E-state index contributed by atoms with van der Waals surface area (Å²) in [5.41, 5.74) is 11.2. The summed E-state index contributed by atoms with van der Waals surface area (Å²) in [7, 11) is 0. The van der Waals surface area contributed by atoms with E-state index in [1.807, 2.05) is 17.4 Å². The van der Waals surface area contributed by atoms with Crippen LogP contribution in [0.5, 0.6) is 0 Å². The predicted molar refractivity (Wildman–Crippen MR) is 221 cm³/mol. The van der Waals surface area contributed by atoms with Crippen molar-refractivity contribution < 1.29 is 4.42 Å². The first-order valence-corrected chi connectivity index (χ1v) is 18.5. The zero-order valence-electron chi connectivity index (χ0n) is 27.9. The number of furan rings is 1. The molecule has 0 aliphatic rings.